The number of hydrogen-bond donors (Lipinski definition) is 1. The Kier molecular flexibility index (Phi) is 6.62. The van der Waals surface area contributed by atoms with Gasteiger partial charge in [0.05, 0.1) is 6.61 Å². The zero-order valence-corrected chi connectivity index (χ0v) is 17.6. The average Bonchev–Trinajstić information content (AvgIpc) is 3.22. The van der Waals surface area contributed by atoms with E-state index < -0.39 is 0 Å². The summed E-state index contributed by atoms with van der Waals surface area (Å²) in [7, 11) is 0. The van der Waals surface area contributed by atoms with E-state index in [4.69, 9.17) is 30.5 Å². The maximum atomic E-state index is 6.17. The number of rotatable bonds is 9. The Hall–Kier alpha value is -2.89. The predicted molar refractivity (Wildman–Crippen MR) is 117 cm³/mol. The lowest BCUT2D eigenvalue weighted by molar-refractivity contribution is 0.174. The van der Waals surface area contributed by atoms with Crippen molar-refractivity contribution >= 4 is 11.6 Å². The minimum atomic E-state index is 0.282. The number of nitrogens with one attached hydrogen (secondary N) is 1. The number of fused-ring (bicyclic) bond motifs is 1. The predicted octanol–water partition coefficient (Wildman–Crippen LogP) is 5.34. The quantitative estimate of drug-likeness (QED) is 0.501. The first kappa shape index (κ1) is 20.4. The summed E-state index contributed by atoms with van der Waals surface area (Å²) >= 11 is 5.98. The van der Waals surface area contributed by atoms with Crippen LogP contribution in [0, 0.1) is 0 Å². The van der Waals surface area contributed by atoms with Gasteiger partial charge in [0, 0.05) is 23.7 Å². The smallest absolute Gasteiger partial charge is 0.231 e. The molecule has 1 heterocycles. The summed E-state index contributed by atoms with van der Waals surface area (Å²) in [6.07, 6.45) is 0. The van der Waals surface area contributed by atoms with Crippen LogP contribution in [0.1, 0.15) is 23.6 Å². The van der Waals surface area contributed by atoms with E-state index in [0.29, 0.717) is 31.3 Å². The van der Waals surface area contributed by atoms with E-state index in [2.05, 4.69) is 5.32 Å². The molecule has 3 aromatic rings. The van der Waals surface area contributed by atoms with Crippen LogP contribution >= 0.6 is 11.6 Å². The number of para-hydroxylation sites is 1. The van der Waals surface area contributed by atoms with Crippen molar-refractivity contribution in [1.82, 2.24) is 5.32 Å². The maximum Gasteiger partial charge on any atom is 0.231 e. The Balaban J connectivity index is 1.43. The van der Waals surface area contributed by atoms with Crippen LogP contribution in [0.3, 0.4) is 0 Å². The first-order valence-electron chi connectivity index (χ1n) is 9.94. The standard InChI is InChI=1S/C24H24ClNO4/c1-2-27-22-5-3-4-19(24(22)28-15-17-6-9-20(25)10-7-17)14-26-13-18-8-11-21-23(12-18)30-16-29-21/h3-12,26H,2,13-16H2,1H3. The van der Waals surface area contributed by atoms with Gasteiger partial charge in [0.15, 0.2) is 23.0 Å². The molecule has 1 aliphatic heterocycles. The Morgan fingerprint density at radius 1 is 0.900 bits per heavy atom. The first-order valence-corrected chi connectivity index (χ1v) is 10.3. The summed E-state index contributed by atoms with van der Waals surface area (Å²) in [4.78, 5) is 0. The molecule has 30 heavy (non-hydrogen) atoms. The van der Waals surface area contributed by atoms with E-state index in [9.17, 15) is 0 Å². The van der Waals surface area contributed by atoms with Gasteiger partial charge in [-0.3, -0.25) is 0 Å². The van der Waals surface area contributed by atoms with Crippen LogP contribution in [-0.4, -0.2) is 13.4 Å². The highest BCUT2D eigenvalue weighted by Crippen LogP contribution is 2.34. The molecule has 0 bridgehead atoms. The zero-order valence-electron chi connectivity index (χ0n) is 16.8. The minimum absolute atomic E-state index is 0.282. The highest BCUT2D eigenvalue weighted by atomic mass is 35.5. The van der Waals surface area contributed by atoms with Gasteiger partial charge < -0.3 is 24.3 Å². The van der Waals surface area contributed by atoms with Gasteiger partial charge in [-0.1, -0.05) is 41.9 Å². The second-order valence-corrected chi connectivity index (χ2v) is 7.32. The van der Waals surface area contributed by atoms with Crippen molar-refractivity contribution in [3.63, 3.8) is 0 Å². The molecular formula is C24H24ClNO4. The van der Waals surface area contributed by atoms with Crippen LogP contribution in [0.15, 0.2) is 60.7 Å². The molecule has 4 rings (SSSR count). The Morgan fingerprint density at radius 2 is 1.70 bits per heavy atom. The van der Waals surface area contributed by atoms with E-state index in [0.717, 1.165) is 39.7 Å². The van der Waals surface area contributed by atoms with Crippen molar-refractivity contribution in [3.05, 3.63) is 82.4 Å². The number of halogens is 1. The molecule has 0 saturated carbocycles. The summed E-state index contributed by atoms with van der Waals surface area (Å²) < 4.78 is 22.8. The average molecular weight is 426 g/mol. The van der Waals surface area contributed by atoms with Gasteiger partial charge >= 0.3 is 0 Å². The van der Waals surface area contributed by atoms with Crippen molar-refractivity contribution < 1.29 is 18.9 Å². The SMILES string of the molecule is CCOc1cccc(CNCc2ccc3c(c2)OCO3)c1OCc1ccc(Cl)cc1. The second kappa shape index (κ2) is 9.74. The van der Waals surface area contributed by atoms with Crippen LogP contribution < -0.4 is 24.3 Å². The number of ether oxygens (including phenoxy) is 4. The summed E-state index contributed by atoms with van der Waals surface area (Å²) in [5.74, 6) is 3.09. The summed E-state index contributed by atoms with van der Waals surface area (Å²) in [5, 5.41) is 4.19. The van der Waals surface area contributed by atoms with Gasteiger partial charge in [-0.25, -0.2) is 0 Å². The molecule has 0 aliphatic carbocycles. The fourth-order valence-electron chi connectivity index (χ4n) is 3.26. The molecule has 0 saturated heterocycles. The summed E-state index contributed by atoms with van der Waals surface area (Å²) in [5.41, 5.74) is 3.21. The van der Waals surface area contributed by atoms with E-state index in [-0.39, 0.29) is 6.79 Å². The highest BCUT2D eigenvalue weighted by Gasteiger charge is 2.14. The number of hydrogen-bond acceptors (Lipinski definition) is 5. The molecule has 3 aromatic carbocycles. The Morgan fingerprint density at radius 3 is 2.53 bits per heavy atom. The molecule has 5 nitrogen and oxygen atoms in total. The summed E-state index contributed by atoms with van der Waals surface area (Å²) in [6.45, 7) is 4.61. The van der Waals surface area contributed by atoms with E-state index in [1.165, 1.54) is 0 Å². The third kappa shape index (κ3) is 4.99. The fourth-order valence-corrected chi connectivity index (χ4v) is 3.39. The van der Waals surface area contributed by atoms with Gasteiger partial charge in [-0.2, -0.15) is 0 Å². The van der Waals surface area contributed by atoms with E-state index in [1.807, 2.05) is 67.6 Å². The van der Waals surface area contributed by atoms with Crippen LogP contribution in [0.2, 0.25) is 5.02 Å². The summed E-state index contributed by atoms with van der Waals surface area (Å²) in [6, 6.07) is 19.6. The van der Waals surface area contributed by atoms with Crippen LogP contribution in [0.4, 0.5) is 0 Å². The normalized spacial score (nSPS) is 12.1. The van der Waals surface area contributed by atoms with Gasteiger partial charge in [0.2, 0.25) is 6.79 Å². The Bertz CT molecular complexity index is 991. The molecule has 0 amide bonds. The van der Waals surface area contributed by atoms with E-state index in [1.54, 1.807) is 0 Å². The molecule has 6 heteroatoms. The first-order chi connectivity index (χ1) is 14.7. The molecule has 0 unspecified atom stereocenters. The number of benzene rings is 3. The van der Waals surface area contributed by atoms with Crippen molar-refractivity contribution in [2.75, 3.05) is 13.4 Å². The lowest BCUT2D eigenvalue weighted by Crippen LogP contribution is -2.14. The third-order valence-electron chi connectivity index (χ3n) is 4.74. The van der Waals surface area contributed by atoms with Gasteiger partial charge in [0.25, 0.3) is 0 Å². The molecule has 0 aromatic heterocycles. The molecular weight excluding hydrogens is 402 g/mol. The largest absolute Gasteiger partial charge is 0.490 e. The van der Waals surface area contributed by atoms with Crippen molar-refractivity contribution in [2.45, 2.75) is 26.6 Å². The molecule has 0 radical (unpaired) electrons. The van der Waals surface area contributed by atoms with Crippen LogP contribution in [0.25, 0.3) is 0 Å². The lowest BCUT2D eigenvalue weighted by atomic mass is 10.1. The minimum Gasteiger partial charge on any atom is -0.490 e. The third-order valence-corrected chi connectivity index (χ3v) is 4.99. The topological polar surface area (TPSA) is 49.0 Å². The highest BCUT2D eigenvalue weighted by molar-refractivity contribution is 6.30. The maximum absolute atomic E-state index is 6.17. The second-order valence-electron chi connectivity index (χ2n) is 6.88. The van der Waals surface area contributed by atoms with Crippen LogP contribution in [0.5, 0.6) is 23.0 Å². The van der Waals surface area contributed by atoms with Gasteiger partial charge in [-0.05, 0) is 48.4 Å². The van der Waals surface area contributed by atoms with Gasteiger partial charge in [0.1, 0.15) is 6.61 Å². The zero-order chi connectivity index (χ0) is 20.8. The molecule has 156 valence electrons. The molecule has 0 atom stereocenters. The molecule has 1 N–H and O–H groups in total. The van der Waals surface area contributed by atoms with Crippen molar-refractivity contribution in [1.29, 1.82) is 0 Å². The lowest BCUT2D eigenvalue weighted by Gasteiger charge is -2.17. The molecule has 0 fully saturated rings. The molecule has 1 aliphatic rings. The van der Waals surface area contributed by atoms with Gasteiger partial charge in [-0.15, -0.1) is 0 Å². The van der Waals surface area contributed by atoms with Crippen molar-refractivity contribution in [3.8, 4) is 23.0 Å². The fraction of sp³-hybridized carbons (Fsp3) is 0.250. The van der Waals surface area contributed by atoms with Crippen molar-refractivity contribution in [2.24, 2.45) is 0 Å². The van der Waals surface area contributed by atoms with E-state index >= 15 is 0 Å². The van der Waals surface area contributed by atoms with Crippen LogP contribution in [-0.2, 0) is 19.7 Å². The Labute approximate surface area is 181 Å². The monoisotopic (exact) mass is 425 g/mol. The molecule has 0 spiro atoms.